The maximum absolute atomic E-state index is 9.17. The highest BCUT2D eigenvalue weighted by atomic mass is 16.3. The number of hydrogen-bond donors (Lipinski definition) is 2. The minimum Gasteiger partial charge on any atom is -0.392 e. The molecule has 0 heterocycles. The van der Waals surface area contributed by atoms with Gasteiger partial charge in [0.05, 0.1) is 6.10 Å². The van der Waals surface area contributed by atoms with E-state index < -0.39 is 0 Å². The topological polar surface area (TPSA) is 32.3 Å². The molecular formula is C11H23NO. The predicted octanol–water partition coefficient (Wildman–Crippen LogP) is 1.78. The van der Waals surface area contributed by atoms with E-state index in [1.807, 2.05) is 6.92 Å². The van der Waals surface area contributed by atoms with Crippen molar-refractivity contribution in [1.29, 1.82) is 0 Å². The summed E-state index contributed by atoms with van der Waals surface area (Å²) in [6, 6.07) is 0.623. The van der Waals surface area contributed by atoms with Gasteiger partial charge in [0.1, 0.15) is 0 Å². The molecule has 1 aliphatic rings. The van der Waals surface area contributed by atoms with Crippen LogP contribution in [0.5, 0.6) is 0 Å². The molecular weight excluding hydrogens is 162 g/mol. The highest BCUT2D eigenvalue weighted by molar-refractivity contribution is 4.82. The lowest BCUT2D eigenvalue weighted by Gasteiger charge is -2.35. The molecule has 13 heavy (non-hydrogen) atoms. The molecule has 2 heteroatoms. The minimum absolute atomic E-state index is 0.218. The van der Waals surface area contributed by atoms with Crippen molar-refractivity contribution in [3.05, 3.63) is 0 Å². The van der Waals surface area contributed by atoms with Crippen molar-refractivity contribution in [1.82, 2.24) is 5.32 Å². The first kappa shape index (κ1) is 11.0. The SMILES string of the molecule is CC(O)CNC1CCCC(C)C1C. The van der Waals surface area contributed by atoms with Crippen LogP contribution in [0, 0.1) is 11.8 Å². The van der Waals surface area contributed by atoms with Gasteiger partial charge in [-0.05, 0) is 25.2 Å². The Morgan fingerprint density at radius 2 is 2.08 bits per heavy atom. The zero-order chi connectivity index (χ0) is 9.84. The van der Waals surface area contributed by atoms with Crippen molar-refractivity contribution >= 4 is 0 Å². The van der Waals surface area contributed by atoms with E-state index in [0.29, 0.717) is 6.04 Å². The van der Waals surface area contributed by atoms with Crippen LogP contribution in [0.4, 0.5) is 0 Å². The predicted molar refractivity (Wildman–Crippen MR) is 55.7 cm³/mol. The molecule has 0 amide bonds. The minimum atomic E-state index is -0.218. The second kappa shape index (κ2) is 4.97. The molecule has 1 rings (SSSR count). The van der Waals surface area contributed by atoms with E-state index in [1.165, 1.54) is 19.3 Å². The van der Waals surface area contributed by atoms with Crippen LogP contribution in [0.2, 0.25) is 0 Å². The summed E-state index contributed by atoms with van der Waals surface area (Å²) in [5.74, 6) is 1.59. The summed E-state index contributed by atoms with van der Waals surface area (Å²) in [6.45, 7) is 7.23. The highest BCUT2D eigenvalue weighted by Gasteiger charge is 2.26. The van der Waals surface area contributed by atoms with Crippen molar-refractivity contribution in [2.75, 3.05) is 6.54 Å². The van der Waals surface area contributed by atoms with Crippen molar-refractivity contribution in [2.24, 2.45) is 11.8 Å². The first-order chi connectivity index (χ1) is 6.11. The summed E-state index contributed by atoms with van der Waals surface area (Å²) in [4.78, 5) is 0. The molecule has 4 unspecified atom stereocenters. The third-order valence-electron chi connectivity index (χ3n) is 3.38. The summed E-state index contributed by atoms with van der Waals surface area (Å²) >= 11 is 0. The third-order valence-corrected chi connectivity index (χ3v) is 3.38. The Morgan fingerprint density at radius 3 is 2.69 bits per heavy atom. The average Bonchev–Trinajstić information content (AvgIpc) is 2.07. The molecule has 0 saturated heterocycles. The van der Waals surface area contributed by atoms with Crippen molar-refractivity contribution in [3.8, 4) is 0 Å². The molecule has 78 valence electrons. The van der Waals surface area contributed by atoms with E-state index in [-0.39, 0.29) is 6.10 Å². The fourth-order valence-electron chi connectivity index (χ4n) is 2.19. The summed E-state index contributed by atoms with van der Waals surface area (Å²) in [5, 5.41) is 12.6. The van der Waals surface area contributed by atoms with Crippen molar-refractivity contribution in [2.45, 2.75) is 52.2 Å². The van der Waals surface area contributed by atoms with Gasteiger partial charge in [-0.1, -0.05) is 26.7 Å². The second-order valence-corrected chi connectivity index (χ2v) is 4.63. The molecule has 0 aromatic heterocycles. The molecule has 4 atom stereocenters. The van der Waals surface area contributed by atoms with Crippen molar-refractivity contribution in [3.63, 3.8) is 0 Å². The monoisotopic (exact) mass is 185 g/mol. The first-order valence-corrected chi connectivity index (χ1v) is 5.52. The number of aliphatic hydroxyl groups is 1. The van der Waals surface area contributed by atoms with E-state index in [4.69, 9.17) is 0 Å². The van der Waals surface area contributed by atoms with Gasteiger partial charge in [0.15, 0.2) is 0 Å². The molecule has 1 aliphatic carbocycles. The van der Waals surface area contributed by atoms with Gasteiger partial charge in [0, 0.05) is 12.6 Å². The molecule has 2 N–H and O–H groups in total. The van der Waals surface area contributed by atoms with E-state index >= 15 is 0 Å². The Kier molecular flexibility index (Phi) is 4.20. The van der Waals surface area contributed by atoms with E-state index in [0.717, 1.165) is 18.4 Å². The van der Waals surface area contributed by atoms with E-state index in [2.05, 4.69) is 19.2 Å². The van der Waals surface area contributed by atoms with Crippen LogP contribution in [0.1, 0.15) is 40.0 Å². The lowest BCUT2D eigenvalue weighted by atomic mass is 9.78. The van der Waals surface area contributed by atoms with Gasteiger partial charge in [0.25, 0.3) is 0 Å². The van der Waals surface area contributed by atoms with Crippen LogP contribution in [0.15, 0.2) is 0 Å². The normalized spacial score (nSPS) is 37.4. The molecule has 1 fully saturated rings. The quantitative estimate of drug-likeness (QED) is 0.702. The van der Waals surface area contributed by atoms with Crippen LogP contribution in [-0.4, -0.2) is 23.8 Å². The first-order valence-electron chi connectivity index (χ1n) is 5.52. The molecule has 1 saturated carbocycles. The Bertz CT molecular complexity index is 147. The smallest absolute Gasteiger partial charge is 0.0636 e. The second-order valence-electron chi connectivity index (χ2n) is 4.63. The molecule has 0 aliphatic heterocycles. The zero-order valence-corrected chi connectivity index (χ0v) is 9.09. The summed E-state index contributed by atoms with van der Waals surface area (Å²) in [7, 11) is 0. The van der Waals surface area contributed by atoms with E-state index in [9.17, 15) is 5.11 Å². The van der Waals surface area contributed by atoms with Crippen LogP contribution >= 0.6 is 0 Å². The van der Waals surface area contributed by atoms with Gasteiger partial charge in [-0.2, -0.15) is 0 Å². The average molecular weight is 185 g/mol. The van der Waals surface area contributed by atoms with Crippen LogP contribution in [0.25, 0.3) is 0 Å². The molecule has 0 aromatic rings. The molecule has 0 radical (unpaired) electrons. The highest BCUT2D eigenvalue weighted by Crippen LogP contribution is 2.29. The standard InChI is InChI=1S/C11H23NO/c1-8-5-4-6-11(10(8)3)12-7-9(2)13/h8-13H,4-7H2,1-3H3. The number of aliphatic hydroxyl groups excluding tert-OH is 1. The molecule has 0 spiro atoms. The Hall–Kier alpha value is -0.0800. The van der Waals surface area contributed by atoms with Crippen molar-refractivity contribution < 1.29 is 5.11 Å². The largest absolute Gasteiger partial charge is 0.392 e. The number of rotatable bonds is 3. The summed E-state index contributed by atoms with van der Waals surface area (Å²) < 4.78 is 0. The van der Waals surface area contributed by atoms with Gasteiger partial charge in [0.2, 0.25) is 0 Å². The van der Waals surface area contributed by atoms with Gasteiger partial charge >= 0.3 is 0 Å². The maximum atomic E-state index is 9.17. The Labute approximate surface area is 81.7 Å². The zero-order valence-electron chi connectivity index (χ0n) is 9.09. The lowest BCUT2D eigenvalue weighted by molar-refractivity contribution is 0.156. The summed E-state index contributed by atoms with van der Waals surface area (Å²) in [5.41, 5.74) is 0. The number of nitrogens with one attached hydrogen (secondary N) is 1. The van der Waals surface area contributed by atoms with Crippen LogP contribution < -0.4 is 5.32 Å². The summed E-state index contributed by atoms with van der Waals surface area (Å²) in [6.07, 6.45) is 3.76. The maximum Gasteiger partial charge on any atom is 0.0636 e. The van der Waals surface area contributed by atoms with Crippen LogP contribution in [0.3, 0.4) is 0 Å². The van der Waals surface area contributed by atoms with Gasteiger partial charge in [-0.25, -0.2) is 0 Å². The Balaban J connectivity index is 2.31. The molecule has 0 bridgehead atoms. The lowest BCUT2D eigenvalue weighted by Crippen LogP contribution is -2.43. The van der Waals surface area contributed by atoms with Gasteiger partial charge in [-0.3, -0.25) is 0 Å². The third kappa shape index (κ3) is 3.28. The Morgan fingerprint density at radius 1 is 1.38 bits per heavy atom. The fraction of sp³-hybridized carbons (Fsp3) is 1.00. The van der Waals surface area contributed by atoms with Crippen LogP contribution in [-0.2, 0) is 0 Å². The molecule has 0 aromatic carbocycles. The molecule has 2 nitrogen and oxygen atoms in total. The van der Waals surface area contributed by atoms with Gasteiger partial charge in [-0.15, -0.1) is 0 Å². The number of hydrogen-bond acceptors (Lipinski definition) is 2. The van der Waals surface area contributed by atoms with E-state index in [1.54, 1.807) is 0 Å². The van der Waals surface area contributed by atoms with Gasteiger partial charge < -0.3 is 10.4 Å². The fourth-order valence-corrected chi connectivity index (χ4v) is 2.19.